The maximum absolute atomic E-state index is 4.71. The Bertz CT molecular complexity index is 480. The van der Waals surface area contributed by atoms with Crippen LogP contribution in [0.15, 0.2) is 12.3 Å². The molecule has 0 spiro atoms. The molecule has 0 saturated heterocycles. The van der Waals surface area contributed by atoms with Crippen molar-refractivity contribution < 1.29 is 0 Å². The van der Waals surface area contributed by atoms with E-state index in [1.54, 1.807) is 0 Å². The van der Waals surface area contributed by atoms with Gasteiger partial charge in [0.2, 0.25) is 0 Å². The number of hydrogen-bond donors (Lipinski definition) is 0. The van der Waals surface area contributed by atoms with E-state index in [0.717, 1.165) is 24.8 Å². The molecule has 0 saturated carbocycles. The second-order valence-corrected chi connectivity index (χ2v) is 13.6. The molecule has 2 unspecified atom stereocenters. The van der Waals surface area contributed by atoms with Crippen molar-refractivity contribution in [2.24, 2.45) is 11.8 Å². The van der Waals surface area contributed by atoms with Gasteiger partial charge in [0.15, 0.2) is 0 Å². The molecule has 0 fully saturated rings. The van der Waals surface area contributed by atoms with E-state index in [4.69, 9.17) is 6.58 Å². The van der Waals surface area contributed by atoms with E-state index in [-0.39, 0.29) is 0 Å². The molecule has 2 nitrogen and oxygen atoms in total. The van der Waals surface area contributed by atoms with Gasteiger partial charge in [-0.1, -0.05) is 163 Å². The SMILES string of the molecule is C=C(CCN(C)C)N(CC(CCCCCC)CCCCCCCC)CC(CCCCCC)CCCCCCCC. The van der Waals surface area contributed by atoms with Crippen LogP contribution >= 0.6 is 0 Å². The van der Waals surface area contributed by atoms with E-state index < -0.39 is 0 Å². The largest absolute Gasteiger partial charge is 0.375 e. The Morgan fingerprint density at radius 2 is 0.775 bits per heavy atom. The van der Waals surface area contributed by atoms with Gasteiger partial charge in [-0.2, -0.15) is 0 Å². The van der Waals surface area contributed by atoms with Gasteiger partial charge in [0, 0.05) is 25.3 Å². The van der Waals surface area contributed by atoms with Gasteiger partial charge in [0.05, 0.1) is 0 Å². The molecule has 0 aliphatic rings. The van der Waals surface area contributed by atoms with Gasteiger partial charge in [-0.15, -0.1) is 0 Å². The van der Waals surface area contributed by atoms with Crippen molar-refractivity contribution >= 4 is 0 Å². The highest BCUT2D eigenvalue weighted by Crippen LogP contribution is 2.26. The number of rotatable bonds is 32. The molecular formula is C38H78N2. The minimum atomic E-state index is 0.842. The van der Waals surface area contributed by atoms with E-state index in [2.05, 4.69) is 51.6 Å². The first-order valence-electron chi connectivity index (χ1n) is 18.6. The molecule has 40 heavy (non-hydrogen) atoms. The third-order valence-corrected chi connectivity index (χ3v) is 9.12. The molecular weight excluding hydrogens is 484 g/mol. The molecule has 0 aromatic rings. The first kappa shape index (κ1) is 39.5. The maximum atomic E-state index is 4.71. The standard InChI is InChI=1S/C38H78N2/c1-8-12-16-20-22-26-30-37(28-24-18-14-10-3)34-40(36(5)32-33-39(6)7)35-38(29-25-19-15-11-4)31-27-23-21-17-13-9-2/h37-38H,5,8-35H2,1-4,6-7H3. The second kappa shape index (κ2) is 30.0. The number of hydrogen-bond acceptors (Lipinski definition) is 2. The summed E-state index contributed by atoms with van der Waals surface area (Å²) in [5.74, 6) is 1.68. The molecule has 0 rings (SSSR count). The van der Waals surface area contributed by atoms with E-state index in [1.165, 1.54) is 173 Å². The first-order chi connectivity index (χ1) is 19.5. The summed E-state index contributed by atoms with van der Waals surface area (Å²) in [6, 6.07) is 0. The smallest absolute Gasteiger partial charge is 0.0203 e. The molecule has 0 aliphatic carbocycles. The average Bonchev–Trinajstić information content (AvgIpc) is 2.94. The minimum absolute atomic E-state index is 0.842. The first-order valence-corrected chi connectivity index (χ1v) is 18.6. The molecule has 0 amide bonds. The lowest BCUT2D eigenvalue weighted by atomic mass is 9.91. The van der Waals surface area contributed by atoms with E-state index in [0.29, 0.717) is 0 Å². The van der Waals surface area contributed by atoms with Crippen molar-refractivity contribution in [1.82, 2.24) is 9.80 Å². The van der Waals surface area contributed by atoms with Crippen LogP contribution in [0.4, 0.5) is 0 Å². The summed E-state index contributed by atoms with van der Waals surface area (Å²) in [5, 5.41) is 0. The maximum Gasteiger partial charge on any atom is 0.0203 e. The highest BCUT2D eigenvalue weighted by atomic mass is 15.1. The molecule has 2 atom stereocenters. The van der Waals surface area contributed by atoms with E-state index >= 15 is 0 Å². The monoisotopic (exact) mass is 563 g/mol. The van der Waals surface area contributed by atoms with E-state index in [9.17, 15) is 0 Å². The van der Waals surface area contributed by atoms with Gasteiger partial charge in [-0.25, -0.2) is 0 Å². The van der Waals surface area contributed by atoms with Crippen molar-refractivity contribution in [3.8, 4) is 0 Å². The Labute approximate surface area is 255 Å². The lowest BCUT2D eigenvalue weighted by molar-refractivity contribution is 0.204. The van der Waals surface area contributed by atoms with Gasteiger partial charge in [-0.05, 0) is 58.0 Å². The highest BCUT2D eigenvalue weighted by Gasteiger charge is 2.20. The minimum Gasteiger partial charge on any atom is -0.375 e. The van der Waals surface area contributed by atoms with Crippen molar-refractivity contribution in [2.45, 2.75) is 188 Å². The molecule has 0 aromatic carbocycles. The fourth-order valence-electron chi connectivity index (χ4n) is 6.27. The van der Waals surface area contributed by atoms with Crippen LogP contribution < -0.4 is 0 Å². The lowest BCUT2D eigenvalue weighted by Crippen LogP contribution is -2.34. The van der Waals surface area contributed by atoms with Crippen LogP contribution in [0, 0.1) is 11.8 Å². The molecule has 0 N–H and O–H groups in total. The predicted molar refractivity (Wildman–Crippen MR) is 184 cm³/mol. The van der Waals surface area contributed by atoms with Gasteiger partial charge in [0.1, 0.15) is 0 Å². The van der Waals surface area contributed by atoms with Crippen LogP contribution in [0.5, 0.6) is 0 Å². The predicted octanol–water partition coefficient (Wildman–Crippen LogP) is 12.4. The topological polar surface area (TPSA) is 6.48 Å². The summed E-state index contributed by atoms with van der Waals surface area (Å²) in [5.41, 5.74) is 1.41. The average molecular weight is 563 g/mol. The Hall–Kier alpha value is -0.500. The van der Waals surface area contributed by atoms with E-state index in [1.807, 2.05) is 0 Å². The molecule has 0 aliphatic heterocycles. The summed E-state index contributed by atoms with van der Waals surface area (Å²) in [7, 11) is 4.42. The fraction of sp³-hybridized carbons (Fsp3) is 0.947. The molecule has 0 radical (unpaired) electrons. The number of unbranched alkanes of at least 4 members (excludes halogenated alkanes) is 16. The summed E-state index contributed by atoms with van der Waals surface area (Å²) in [6.45, 7) is 17.7. The molecule has 0 aromatic heterocycles. The highest BCUT2D eigenvalue weighted by molar-refractivity contribution is 4.96. The summed E-state index contributed by atoms with van der Waals surface area (Å²) >= 11 is 0. The van der Waals surface area contributed by atoms with Crippen molar-refractivity contribution in [3.63, 3.8) is 0 Å². The van der Waals surface area contributed by atoms with Crippen LogP contribution in [0.25, 0.3) is 0 Å². The second-order valence-electron chi connectivity index (χ2n) is 13.6. The van der Waals surface area contributed by atoms with Crippen molar-refractivity contribution in [1.29, 1.82) is 0 Å². The Balaban J connectivity index is 5.34. The zero-order valence-electron chi connectivity index (χ0n) is 29.1. The van der Waals surface area contributed by atoms with Crippen LogP contribution in [-0.2, 0) is 0 Å². The molecule has 2 heteroatoms. The Morgan fingerprint density at radius 3 is 1.10 bits per heavy atom. The normalized spacial score (nSPS) is 13.2. The zero-order chi connectivity index (χ0) is 29.7. The summed E-state index contributed by atoms with van der Waals surface area (Å²) in [6.07, 6.45) is 35.0. The third kappa shape index (κ3) is 25.2. The van der Waals surface area contributed by atoms with Gasteiger partial charge < -0.3 is 9.80 Å². The summed E-state index contributed by atoms with van der Waals surface area (Å²) < 4.78 is 0. The van der Waals surface area contributed by atoms with Gasteiger partial charge in [0.25, 0.3) is 0 Å². The van der Waals surface area contributed by atoms with Crippen LogP contribution in [0.1, 0.15) is 188 Å². The fourth-order valence-corrected chi connectivity index (χ4v) is 6.27. The van der Waals surface area contributed by atoms with Gasteiger partial charge >= 0.3 is 0 Å². The quantitative estimate of drug-likeness (QED) is 0.0752. The Kier molecular flexibility index (Phi) is 29.6. The van der Waals surface area contributed by atoms with Crippen LogP contribution in [0.3, 0.4) is 0 Å². The Morgan fingerprint density at radius 1 is 0.475 bits per heavy atom. The molecule has 240 valence electrons. The zero-order valence-corrected chi connectivity index (χ0v) is 29.1. The molecule has 0 bridgehead atoms. The van der Waals surface area contributed by atoms with Gasteiger partial charge in [-0.3, -0.25) is 0 Å². The van der Waals surface area contributed by atoms with Crippen LogP contribution in [-0.4, -0.2) is 43.5 Å². The summed E-state index contributed by atoms with van der Waals surface area (Å²) in [4.78, 5) is 5.15. The lowest BCUT2D eigenvalue weighted by Gasteiger charge is -2.35. The van der Waals surface area contributed by atoms with Crippen LogP contribution in [0.2, 0.25) is 0 Å². The number of nitrogens with zero attached hydrogens (tertiary/aromatic N) is 2. The van der Waals surface area contributed by atoms with Crippen molar-refractivity contribution in [2.75, 3.05) is 33.7 Å². The van der Waals surface area contributed by atoms with Crippen molar-refractivity contribution in [3.05, 3.63) is 12.3 Å². The third-order valence-electron chi connectivity index (χ3n) is 9.12. The molecule has 0 heterocycles.